The van der Waals surface area contributed by atoms with Gasteiger partial charge in [0, 0.05) is 52.3 Å². The summed E-state index contributed by atoms with van der Waals surface area (Å²) in [6, 6.07) is 20.5. The molecule has 204 valence electrons. The Morgan fingerprint density at radius 2 is 1.82 bits per heavy atom. The third kappa shape index (κ3) is 5.49. The number of methoxy groups -OCH3 is 1. The van der Waals surface area contributed by atoms with Crippen molar-refractivity contribution < 1.29 is 28.1 Å². The summed E-state index contributed by atoms with van der Waals surface area (Å²) >= 11 is 0. The fraction of sp³-hybridized carbons (Fsp3) is 0.226. The number of rotatable bonds is 9. The Morgan fingerprint density at radius 3 is 2.60 bits per heavy atom. The number of ether oxygens (including phenoxy) is 4. The Labute approximate surface area is 230 Å². The van der Waals surface area contributed by atoms with Crippen LogP contribution >= 0.6 is 0 Å². The molecule has 6 rings (SSSR count). The van der Waals surface area contributed by atoms with Gasteiger partial charge in [-0.1, -0.05) is 30.3 Å². The Hall–Kier alpha value is -4.79. The van der Waals surface area contributed by atoms with Crippen molar-refractivity contribution in [1.29, 1.82) is 0 Å². The zero-order valence-electron chi connectivity index (χ0n) is 22.1. The molecule has 2 aromatic heterocycles. The largest absolute Gasteiger partial charge is 0.493 e. The van der Waals surface area contributed by atoms with Crippen LogP contribution < -0.4 is 19.5 Å². The Balaban J connectivity index is 1.36. The molecule has 9 heteroatoms. The van der Waals surface area contributed by atoms with Crippen molar-refractivity contribution in [3.63, 3.8) is 0 Å². The van der Waals surface area contributed by atoms with Crippen LogP contribution in [0.3, 0.4) is 0 Å². The van der Waals surface area contributed by atoms with Gasteiger partial charge in [-0.15, -0.1) is 0 Å². The van der Waals surface area contributed by atoms with E-state index in [2.05, 4.69) is 10.3 Å². The normalized spacial score (nSPS) is 12.9. The predicted molar refractivity (Wildman–Crippen MR) is 149 cm³/mol. The number of aromatic amines is 1. The number of carbonyl (C=O) groups excluding carboxylic acids is 1. The predicted octanol–water partition coefficient (Wildman–Crippen LogP) is 6.78. The topological polar surface area (TPSA) is 94.7 Å². The van der Waals surface area contributed by atoms with Crippen LogP contribution in [-0.2, 0) is 11.2 Å². The monoisotopic (exact) mass is 541 g/mol. The van der Waals surface area contributed by atoms with Gasteiger partial charge in [-0.25, -0.2) is 9.18 Å². The maximum Gasteiger partial charge on any atom is 0.410 e. The zero-order chi connectivity index (χ0) is 27.6. The van der Waals surface area contributed by atoms with Gasteiger partial charge in [0.05, 0.1) is 12.6 Å². The highest BCUT2D eigenvalue weighted by Gasteiger charge is 2.24. The molecule has 0 bridgehead atoms. The molecule has 1 aliphatic carbocycles. The summed E-state index contributed by atoms with van der Waals surface area (Å²) in [7, 11) is 1.51. The van der Waals surface area contributed by atoms with Gasteiger partial charge in [0.1, 0.15) is 5.75 Å². The fourth-order valence-electron chi connectivity index (χ4n) is 4.58. The Bertz CT molecular complexity index is 1700. The average molecular weight is 542 g/mol. The second-order valence-electron chi connectivity index (χ2n) is 9.80. The third-order valence-corrected chi connectivity index (χ3v) is 6.70. The first-order chi connectivity index (χ1) is 19.5. The van der Waals surface area contributed by atoms with E-state index >= 15 is 4.39 Å². The molecule has 0 unspecified atom stereocenters. The lowest BCUT2D eigenvalue weighted by Gasteiger charge is -2.16. The van der Waals surface area contributed by atoms with E-state index in [-0.39, 0.29) is 18.6 Å². The van der Waals surface area contributed by atoms with Crippen molar-refractivity contribution >= 4 is 27.9 Å². The van der Waals surface area contributed by atoms with E-state index in [1.807, 2.05) is 43.3 Å². The van der Waals surface area contributed by atoms with Crippen LogP contribution in [0, 0.1) is 12.7 Å². The van der Waals surface area contributed by atoms with Crippen molar-refractivity contribution in [2.75, 3.05) is 13.9 Å². The van der Waals surface area contributed by atoms with E-state index in [9.17, 15) is 4.79 Å². The number of hydrogen-bond acceptors (Lipinski definition) is 6. The van der Waals surface area contributed by atoms with Gasteiger partial charge in [-0.05, 0) is 49.6 Å². The molecular weight excluding hydrogens is 513 g/mol. The summed E-state index contributed by atoms with van der Waals surface area (Å²) in [5.74, 6) is 0.800. The third-order valence-electron chi connectivity index (χ3n) is 6.70. The summed E-state index contributed by atoms with van der Waals surface area (Å²) in [4.78, 5) is 19.9. The van der Waals surface area contributed by atoms with Crippen LogP contribution in [0.1, 0.15) is 29.8 Å². The van der Waals surface area contributed by atoms with E-state index in [0.29, 0.717) is 45.5 Å². The molecule has 0 aliphatic heterocycles. The van der Waals surface area contributed by atoms with Crippen molar-refractivity contribution in [2.24, 2.45) is 0 Å². The first-order valence-corrected chi connectivity index (χ1v) is 13.0. The van der Waals surface area contributed by atoms with Gasteiger partial charge >= 0.3 is 6.09 Å². The molecule has 0 spiro atoms. The lowest BCUT2D eigenvalue weighted by molar-refractivity contribution is 0.0577. The van der Waals surface area contributed by atoms with Crippen molar-refractivity contribution in [3.05, 3.63) is 89.5 Å². The van der Waals surface area contributed by atoms with Crippen LogP contribution in [0.15, 0.2) is 66.7 Å². The molecule has 8 nitrogen and oxygen atoms in total. The number of amides is 1. The van der Waals surface area contributed by atoms with Crippen LogP contribution in [0.2, 0.25) is 0 Å². The van der Waals surface area contributed by atoms with E-state index in [0.717, 1.165) is 29.8 Å². The number of fused-ring (bicyclic) bond motifs is 2. The fourth-order valence-corrected chi connectivity index (χ4v) is 4.58. The quantitative estimate of drug-likeness (QED) is 0.200. The number of benzene rings is 3. The minimum absolute atomic E-state index is 0.0963. The van der Waals surface area contributed by atoms with Crippen LogP contribution in [-0.4, -0.2) is 36.0 Å². The lowest BCUT2D eigenvalue weighted by Crippen LogP contribution is -2.27. The number of alkyl carbamates (subject to hydrolysis) is 1. The molecule has 0 atom stereocenters. The van der Waals surface area contributed by atoms with Crippen LogP contribution in [0.5, 0.6) is 23.0 Å². The molecule has 40 heavy (non-hydrogen) atoms. The highest BCUT2D eigenvalue weighted by atomic mass is 19.1. The Kier molecular flexibility index (Phi) is 6.86. The maximum atomic E-state index is 15.5. The van der Waals surface area contributed by atoms with Crippen molar-refractivity contribution in [2.45, 2.75) is 32.2 Å². The molecule has 0 radical (unpaired) electrons. The summed E-state index contributed by atoms with van der Waals surface area (Å²) in [5.41, 5.74) is 3.90. The maximum absolute atomic E-state index is 15.5. The van der Waals surface area contributed by atoms with E-state index < -0.39 is 11.9 Å². The van der Waals surface area contributed by atoms with Crippen LogP contribution in [0.25, 0.3) is 21.8 Å². The Morgan fingerprint density at radius 1 is 1.00 bits per heavy atom. The molecule has 0 saturated heterocycles. The first kappa shape index (κ1) is 25.5. The van der Waals surface area contributed by atoms with E-state index in [1.54, 1.807) is 30.3 Å². The van der Waals surface area contributed by atoms with Crippen molar-refractivity contribution in [1.82, 2.24) is 15.3 Å². The number of carbonyl (C=O) groups is 1. The number of pyridine rings is 1. The molecule has 5 aromatic rings. The number of nitrogens with zero attached hydrogens (tertiary/aromatic N) is 1. The number of hydrogen-bond donors (Lipinski definition) is 2. The molecule has 1 aliphatic rings. The minimum Gasteiger partial charge on any atom is -0.493 e. The van der Waals surface area contributed by atoms with E-state index in [4.69, 9.17) is 23.9 Å². The lowest BCUT2D eigenvalue weighted by atomic mass is 10.1. The van der Waals surface area contributed by atoms with Gasteiger partial charge < -0.3 is 29.2 Å². The van der Waals surface area contributed by atoms with Gasteiger partial charge in [0.25, 0.3) is 0 Å². The summed E-state index contributed by atoms with van der Waals surface area (Å²) < 4.78 is 38.1. The number of aromatic nitrogens is 2. The smallest absolute Gasteiger partial charge is 0.410 e. The molecule has 2 N–H and O–H groups in total. The van der Waals surface area contributed by atoms with Gasteiger partial charge in [0.15, 0.2) is 23.1 Å². The molecule has 1 saturated carbocycles. The highest BCUT2D eigenvalue weighted by Crippen LogP contribution is 2.39. The van der Waals surface area contributed by atoms with Gasteiger partial charge in [-0.2, -0.15) is 0 Å². The SMILES string of the molecule is COc1cc2c(Oc3ccc4[nH]c(C)cc4c3F)cc(Cc3ccccc3)nc2cc1OCOC(=O)NC1CC1. The van der Waals surface area contributed by atoms with E-state index in [1.165, 1.54) is 7.11 Å². The first-order valence-electron chi connectivity index (χ1n) is 13.0. The molecule has 1 fully saturated rings. The second-order valence-corrected chi connectivity index (χ2v) is 9.80. The second kappa shape index (κ2) is 10.8. The summed E-state index contributed by atoms with van der Waals surface area (Å²) in [6.45, 7) is 1.58. The average Bonchev–Trinajstić information content (AvgIpc) is 3.67. The van der Waals surface area contributed by atoms with Gasteiger partial charge in [-0.3, -0.25) is 4.98 Å². The molecule has 2 heterocycles. The van der Waals surface area contributed by atoms with Gasteiger partial charge in [0.2, 0.25) is 6.79 Å². The van der Waals surface area contributed by atoms with Crippen molar-refractivity contribution in [3.8, 4) is 23.0 Å². The number of H-pyrrole nitrogens is 1. The number of nitrogens with one attached hydrogen (secondary N) is 2. The zero-order valence-corrected chi connectivity index (χ0v) is 22.1. The standard InChI is InChI=1S/C31H28FN3O5/c1-18-12-23-24(33-18)10-11-26(30(23)32)40-27-14-21(13-19-6-4-3-5-7-19)34-25-16-29(28(37-2)15-22(25)27)38-17-39-31(36)35-20-8-9-20/h3-7,10-12,14-16,20,33H,8-9,13,17H2,1-2H3,(H,35,36). The minimum atomic E-state index is -0.530. The highest BCUT2D eigenvalue weighted by molar-refractivity contribution is 5.89. The summed E-state index contributed by atoms with van der Waals surface area (Å²) in [6.07, 6.45) is 1.92. The molecule has 3 aromatic carbocycles. The van der Waals surface area contributed by atoms with Crippen LogP contribution in [0.4, 0.5) is 9.18 Å². The molecular formula is C31H28FN3O5. The summed E-state index contributed by atoms with van der Waals surface area (Å²) in [5, 5.41) is 3.81. The number of halogens is 1. The number of aryl methyl sites for hydroxylation is 1. The molecule has 1 amide bonds.